The number of aryl methyl sites for hydroxylation is 1. The molecule has 0 saturated heterocycles. The lowest BCUT2D eigenvalue weighted by atomic mass is 10.2. The summed E-state index contributed by atoms with van der Waals surface area (Å²) in [5.74, 6) is -0.253. The maximum Gasteiger partial charge on any atom is 0.272 e. The Kier molecular flexibility index (Phi) is 3.49. The highest BCUT2D eigenvalue weighted by Gasteiger charge is 2.22. The van der Waals surface area contributed by atoms with Crippen molar-refractivity contribution in [1.29, 1.82) is 0 Å². The van der Waals surface area contributed by atoms with Crippen LogP contribution in [0.4, 0.5) is 0 Å². The zero-order valence-electron chi connectivity index (χ0n) is 9.45. The van der Waals surface area contributed by atoms with Crippen LogP contribution in [0, 0.1) is 0 Å². The molecule has 0 saturated carbocycles. The quantitative estimate of drug-likeness (QED) is 0.317. The van der Waals surface area contributed by atoms with Crippen molar-refractivity contribution < 1.29 is 10.0 Å². The number of carbonyl (C=O) groups excluding carboxylic acids is 1. The molecule has 3 N–H and O–H groups in total. The summed E-state index contributed by atoms with van der Waals surface area (Å²) >= 11 is 0. The van der Waals surface area contributed by atoms with E-state index in [1.807, 2.05) is 0 Å². The van der Waals surface area contributed by atoms with Gasteiger partial charge in [-0.15, -0.1) is 0 Å². The third-order valence-electron chi connectivity index (χ3n) is 2.48. The molecule has 1 rings (SSSR count). The van der Waals surface area contributed by atoms with E-state index >= 15 is 0 Å². The van der Waals surface area contributed by atoms with Gasteiger partial charge in [0.25, 0.3) is 5.91 Å². The lowest BCUT2D eigenvalue weighted by Crippen LogP contribution is -2.44. The molecule has 0 aliphatic heterocycles. The van der Waals surface area contributed by atoms with Crippen LogP contribution in [0.5, 0.6) is 0 Å². The molecule has 1 amide bonds. The number of aromatic nitrogens is 2. The Bertz CT molecular complexity index is 412. The molecule has 0 aliphatic rings. The second-order valence-corrected chi connectivity index (χ2v) is 3.46. The van der Waals surface area contributed by atoms with Crippen LogP contribution in [0.25, 0.3) is 0 Å². The fourth-order valence-electron chi connectivity index (χ4n) is 1.22. The van der Waals surface area contributed by atoms with E-state index in [2.05, 4.69) is 10.3 Å². The number of likely N-dealkylation sites (N-methyl/N-ethyl adjacent to an activating group) is 1. The lowest BCUT2D eigenvalue weighted by Gasteiger charge is -2.23. The smallest absolute Gasteiger partial charge is 0.272 e. The summed E-state index contributed by atoms with van der Waals surface area (Å²) in [6.07, 6.45) is 1.54. The van der Waals surface area contributed by atoms with Crippen LogP contribution >= 0.6 is 0 Å². The van der Waals surface area contributed by atoms with Crippen LogP contribution in [0.2, 0.25) is 0 Å². The highest BCUT2D eigenvalue weighted by molar-refractivity contribution is 5.96. The molecule has 1 unspecified atom stereocenters. The highest BCUT2D eigenvalue weighted by Crippen LogP contribution is 2.05. The van der Waals surface area contributed by atoms with E-state index in [1.165, 1.54) is 15.8 Å². The summed E-state index contributed by atoms with van der Waals surface area (Å²) < 4.78 is 1.47. The van der Waals surface area contributed by atoms with Crippen molar-refractivity contribution in [1.82, 2.24) is 14.7 Å². The Labute approximate surface area is 93.1 Å². The first kappa shape index (κ1) is 12.0. The van der Waals surface area contributed by atoms with Crippen molar-refractivity contribution in [3.05, 3.63) is 18.0 Å². The number of hydrogen-bond donors (Lipinski definition) is 2. The number of amidine groups is 1. The topological polar surface area (TPSA) is 96.7 Å². The van der Waals surface area contributed by atoms with Gasteiger partial charge in [0, 0.05) is 20.3 Å². The Hall–Kier alpha value is -2.05. The molecule has 0 aliphatic carbocycles. The lowest BCUT2D eigenvalue weighted by molar-refractivity contribution is 0.0765. The molecule has 0 spiro atoms. The van der Waals surface area contributed by atoms with E-state index in [0.29, 0.717) is 5.69 Å². The third-order valence-corrected chi connectivity index (χ3v) is 2.48. The van der Waals surface area contributed by atoms with Gasteiger partial charge in [0.1, 0.15) is 5.69 Å². The van der Waals surface area contributed by atoms with Gasteiger partial charge in [0.2, 0.25) is 0 Å². The van der Waals surface area contributed by atoms with E-state index < -0.39 is 6.04 Å². The minimum absolute atomic E-state index is 0.0157. The molecule has 88 valence electrons. The van der Waals surface area contributed by atoms with Crippen molar-refractivity contribution in [2.75, 3.05) is 7.05 Å². The van der Waals surface area contributed by atoms with E-state index in [0.717, 1.165) is 0 Å². The van der Waals surface area contributed by atoms with E-state index in [4.69, 9.17) is 10.9 Å². The van der Waals surface area contributed by atoms with Crippen LogP contribution < -0.4 is 5.73 Å². The standard InChI is InChI=1S/C9H15N5O2/c1-6(8(10)12-16)13(2)9(15)7-4-5-11-14(7)3/h4-6,16H,1-3H3,(H2,10,12). The molecule has 1 aromatic heterocycles. The van der Waals surface area contributed by atoms with Crippen LogP contribution in [-0.4, -0.2) is 44.7 Å². The maximum absolute atomic E-state index is 12.0. The van der Waals surface area contributed by atoms with Crippen molar-refractivity contribution in [3.63, 3.8) is 0 Å². The number of amides is 1. The van der Waals surface area contributed by atoms with Crippen LogP contribution in [0.3, 0.4) is 0 Å². The normalized spacial score (nSPS) is 13.6. The Balaban J connectivity index is 2.87. The number of oxime groups is 1. The van der Waals surface area contributed by atoms with Crippen LogP contribution in [-0.2, 0) is 7.05 Å². The van der Waals surface area contributed by atoms with Gasteiger partial charge in [-0.1, -0.05) is 5.16 Å². The number of nitrogens with zero attached hydrogens (tertiary/aromatic N) is 4. The fourth-order valence-corrected chi connectivity index (χ4v) is 1.22. The number of rotatable bonds is 3. The Morgan fingerprint density at radius 2 is 2.38 bits per heavy atom. The van der Waals surface area contributed by atoms with Gasteiger partial charge in [0.05, 0.1) is 6.04 Å². The first-order chi connectivity index (χ1) is 7.49. The third kappa shape index (κ3) is 2.13. The summed E-state index contributed by atoms with van der Waals surface area (Å²) in [6.45, 7) is 1.67. The monoisotopic (exact) mass is 225 g/mol. The van der Waals surface area contributed by atoms with Crippen molar-refractivity contribution in [3.8, 4) is 0 Å². The van der Waals surface area contributed by atoms with Crippen molar-refractivity contribution in [2.24, 2.45) is 17.9 Å². The van der Waals surface area contributed by atoms with E-state index in [1.54, 1.807) is 27.1 Å². The average molecular weight is 225 g/mol. The molecule has 16 heavy (non-hydrogen) atoms. The van der Waals surface area contributed by atoms with Gasteiger partial charge >= 0.3 is 0 Å². The zero-order chi connectivity index (χ0) is 12.3. The maximum atomic E-state index is 12.0. The summed E-state index contributed by atoms with van der Waals surface area (Å²) in [5.41, 5.74) is 5.87. The molecular formula is C9H15N5O2. The number of nitrogens with two attached hydrogens (primary N) is 1. The van der Waals surface area contributed by atoms with Gasteiger partial charge < -0.3 is 15.8 Å². The first-order valence-corrected chi connectivity index (χ1v) is 4.71. The molecule has 0 radical (unpaired) electrons. The highest BCUT2D eigenvalue weighted by atomic mass is 16.4. The van der Waals surface area contributed by atoms with E-state index in [-0.39, 0.29) is 11.7 Å². The van der Waals surface area contributed by atoms with E-state index in [9.17, 15) is 4.79 Å². The molecule has 0 bridgehead atoms. The molecule has 7 heteroatoms. The predicted molar refractivity (Wildman–Crippen MR) is 58.2 cm³/mol. The Morgan fingerprint density at radius 3 is 2.81 bits per heavy atom. The van der Waals surface area contributed by atoms with Crippen molar-refractivity contribution >= 4 is 11.7 Å². The van der Waals surface area contributed by atoms with Gasteiger partial charge in [0.15, 0.2) is 5.84 Å². The molecule has 1 atom stereocenters. The van der Waals surface area contributed by atoms with Gasteiger partial charge in [-0.3, -0.25) is 9.48 Å². The van der Waals surface area contributed by atoms with Crippen molar-refractivity contribution in [2.45, 2.75) is 13.0 Å². The minimum atomic E-state index is -0.479. The largest absolute Gasteiger partial charge is 0.409 e. The number of hydrogen-bond acceptors (Lipinski definition) is 4. The summed E-state index contributed by atoms with van der Waals surface area (Å²) in [4.78, 5) is 13.3. The zero-order valence-corrected chi connectivity index (χ0v) is 9.45. The molecule has 0 aromatic carbocycles. The Morgan fingerprint density at radius 1 is 1.75 bits per heavy atom. The van der Waals surface area contributed by atoms with Crippen LogP contribution in [0.1, 0.15) is 17.4 Å². The van der Waals surface area contributed by atoms with Gasteiger partial charge in [-0.2, -0.15) is 5.10 Å². The second-order valence-electron chi connectivity index (χ2n) is 3.46. The summed E-state index contributed by atoms with van der Waals surface area (Å²) in [5, 5.41) is 15.3. The predicted octanol–water partition coefficient (Wildman–Crippen LogP) is -0.373. The fraction of sp³-hybridized carbons (Fsp3) is 0.444. The first-order valence-electron chi connectivity index (χ1n) is 4.71. The van der Waals surface area contributed by atoms with Crippen LogP contribution in [0.15, 0.2) is 17.4 Å². The SMILES string of the molecule is CC(C(N)=NO)N(C)C(=O)c1ccnn1C. The molecule has 7 nitrogen and oxygen atoms in total. The number of carbonyl (C=O) groups is 1. The molecule has 1 heterocycles. The van der Waals surface area contributed by atoms with Gasteiger partial charge in [-0.05, 0) is 13.0 Å². The minimum Gasteiger partial charge on any atom is -0.409 e. The second kappa shape index (κ2) is 4.65. The molecular weight excluding hydrogens is 210 g/mol. The summed E-state index contributed by atoms with van der Waals surface area (Å²) in [7, 11) is 3.26. The molecule has 0 fully saturated rings. The summed E-state index contributed by atoms with van der Waals surface area (Å²) in [6, 6.07) is 1.13. The molecule has 1 aromatic rings. The van der Waals surface area contributed by atoms with Gasteiger partial charge in [-0.25, -0.2) is 0 Å². The average Bonchev–Trinajstić information content (AvgIpc) is 2.71.